The first-order valence-electron chi connectivity index (χ1n) is 10.1. The summed E-state index contributed by atoms with van der Waals surface area (Å²) in [5.74, 6) is -1.85. The highest BCUT2D eigenvalue weighted by Crippen LogP contribution is 2.21. The van der Waals surface area contributed by atoms with Gasteiger partial charge in [-0.05, 0) is 30.4 Å². The summed E-state index contributed by atoms with van der Waals surface area (Å²) in [4.78, 5) is 38.6. The molecule has 4 N–H and O–H groups in total. The number of carboxylic acid groups (broad SMARTS) is 1. The highest BCUT2D eigenvalue weighted by molar-refractivity contribution is 5.86. The Balaban J connectivity index is 1.52. The standard InChI is InChI=1S/C23H27N3O4/c24-19(15-16-7-3-1-4-8-16)22(28)26-13-11-18(12-14-26)21(27)25-20(23(29)30)17-9-5-2-6-10-17/h1-10,18-20H,11-15,24H2,(H,25,27)(H,29,30). The molecule has 0 radical (unpaired) electrons. The van der Waals surface area contributed by atoms with Crippen LogP contribution in [0.1, 0.15) is 30.0 Å². The van der Waals surface area contributed by atoms with E-state index in [1.807, 2.05) is 30.3 Å². The fraction of sp³-hybridized carbons (Fsp3) is 0.348. The van der Waals surface area contributed by atoms with Gasteiger partial charge < -0.3 is 21.1 Å². The van der Waals surface area contributed by atoms with Crippen molar-refractivity contribution in [2.45, 2.75) is 31.3 Å². The normalized spacial score (nSPS) is 16.5. The van der Waals surface area contributed by atoms with E-state index < -0.39 is 18.1 Å². The number of hydrogen-bond donors (Lipinski definition) is 3. The number of nitrogens with one attached hydrogen (secondary N) is 1. The molecule has 0 bridgehead atoms. The number of nitrogens with two attached hydrogens (primary N) is 1. The Morgan fingerprint density at radius 2 is 1.57 bits per heavy atom. The van der Waals surface area contributed by atoms with Crippen molar-refractivity contribution in [2.75, 3.05) is 13.1 Å². The van der Waals surface area contributed by atoms with Gasteiger partial charge in [0.2, 0.25) is 11.8 Å². The molecule has 30 heavy (non-hydrogen) atoms. The van der Waals surface area contributed by atoms with Crippen LogP contribution in [0.15, 0.2) is 60.7 Å². The van der Waals surface area contributed by atoms with Crippen LogP contribution in [-0.4, -0.2) is 46.9 Å². The molecule has 0 aliphatic carbocycles. The summed E-state index contributed by atoms with van der Waals surface area (Å²) in [6.45, 7) is 0.866. The molecule has 2 atom stereocenters. The highest BCUT2D eigenvalue weighted by Gasteiger charge is 2.32. The zero-order valence-corrected chi connectivity index (χ0v) is 16.7. The van der Waals surface area contributed by atoms with Gasteiger partial charge in [-0.15, -0.1) is 0 Å². The third-order valence-corrected chi connectivity index (χ3v) is 5.46. The van der Waals surface area contributed by atoms with Gasteiger partial charge in [0, 0.05) is 19.0 Å². The van der Waals surface area contributed by atoms with Crippen LogP contribution >= 0.6 is 0 Å². The highest BCUT2D eigenvalue weighted by atomic mass is 16.4. The third-order valence-electron chi connectivity index (χ3n) is 5.46. The van der Waals surface area contributed by atoms with Crippen molar-refractivity contribution in [3.05, 3.63) is 71.8 Å². The number of carboxylic acids is 1. The molecular weight excluding hydrogens is 382 g/mol. The molecule has 3 rings (SSSR count). The molecule has 0 saturated carbocycles. The van der Waals surface area contributed by atoms with Crippen molar-refractivity contribution >= 4 is 17.8 Å². The smallest absolute Gasteiger partial charge is 0.330 e. The Bertz CT molecular complexity index is 865. The lowest BCUT2D eigenvalue weighted by Gasteiger charge is -2.33. The molecule has 1 aliphatic heterocycles. The minimum atomic E-state index is -1.10. The second kappa shape index (κ2) is 10.0. The van der Waals surface area contributed by atoms with E-state index in [0.717, 1.165) is 5.56 Å². The largest absolute Gasteiger partial charge is 0.479 e. The van der Waals surface area contributed by atoms with Crippen molar-refractivity contribution in [2.24, 2.45) is 11.7 Å². The van der Waals surface area contributed by atoms with Crippen LogP contribution < -0.4 is 11.1 Å². The van der Waals surface area contributed by atoms with Crippen molar-refractivity contribution in [1.82, 2.24) is 10.2 Å². The number of hydrogen-bond acceptors (Lipinski definition) is 4. The molecule has 1 heterocycles. The van der Waals surface area contributed by atoms with E-state index in [1.165, 1.54) is 0 Å². The molecule has 1 aliphatic rings. The number of likely N-dealkylation sites (tertiary alicyclic amines) is 1. The summed E-state index contributed by atoms with van der Waals surface area (Å²) in [6, 6.07) is 16.5. The number of carbonyl (C=O) groups excluding carboxylic acids is 2. The summed E-state index contributed by atoms with van der Waals surface area (Å²) < 4.78 is 0. The van der Waals surface area contributed by atoms with E-state index in [1.54, 1.807) is 35.2 Å². The van der Waals surface area contributed by atoms with E-state index in [2.05, 4.69) is 5.32 Å². The van der Waals surface area contributed by atoms with Gasteiger partial charge in [-0.25, -0.2) is 4.79 Å². The monoisotopic (exact) mass is 409 g/mol. The lowest BCUT2D eigenvalue weighted by Crippen LogP contribution is -2.50. The Labute approximate surface area is 175 Å². The van der Waals surface area contributed by atoms with Gasteiger partial charge in [0.05, 0.1) is 6.04 Å². The average molecular weight is 409 g/mol. The molecule has 2 aromatic rings. The molecule has 7 heteroatoms. The number of amides is 2. The predicted octanol–water partition coefficient (Wildman–Crippen LogP) is 1.74. The summed E-state index contributed by atoms with van der Waals surface area (Å²) >= 11 is 0. The lowest BCUT2D eigenvalue weighted by molar-refractivity contribution is -0.143. The molecule has 158 valence electrons. The van der Waals surface area contributed by atoms with Gasteiger partial charge in [-0.1, -0.05) is 60.7 Å². The third kappa shape index (κ3) is 5.45. The van der Waals surface area contributed by atoms with Crippen molar-refractivity contribution in [3.8, 4) is 0 Å². The molecule has 7 nitrogen and oxygen atoms in total. The quantitative estimate of drug-likeness (QED) is 0.645. The van der Waals surface area contributed by atoms with Gasteiger partial charge >= 0.3 is 5.97 Å². The SMILES string of the molecule is NC(Cc1ccccc1)C(=O)N1CCC(C(=O)NC(C(=O)O)c2ccccc2)CC1. The number of aliphatic carboxylic acids is 1. The first-order chi connectivity index (χ1) is 14.5. The second-order valence-electron chi connectivity index (χ2n) is 7.59. The number of nitrogens with zero attached hydrogens (tertiary/aromatic N) is 1. The Kier molecular flexibility index (Phi) is 7.19. The number of benzene rings is 2. The molecule has 1 fully saturated rings. The molecule has 2 unspecified atom stereocenters. The minimum Gasteiger partial charge on any atom is -0.479 e. The Hall–Kier alpha value is -3.19. The van der Waals surface area contributed by atoms with Crippen LogP contribution in [0, 0.1) is 5.92 Å². The Morgan fingerprint density at radius 1 is 1.00 bits per heavy atom. The van der Waals surface area contributed by atoms with E-state index >= 15 is 0 Å². The molecule has 2 aromatic carbocycles. The maximum absolute atomic E-state index is 12.7. The molecular formula is C23H27N3O4. The summed E-state index contributed by atoms with van der Waals surface area (Å²) in [5.41, 5.74) is 7.64. The average Bonchev–Trinajstić information content (AvgIpc) is 2.78. The second-order valence-corrected chi connectivity index (χ2v) is 7.59. The van der Waals surface area contributed by atoms with Crippen molar-refractivity contribution < 1.29 is 19.5 Å². The maximum atomic E-state index is 12.7. The van der Waals surface area contributed by atoms with E-state index in [-0.39, 0.29) is 17.7 Å². The first-order valence-corrected chi connectivity index (χ1v) is 10.1. The van der Waals surface area contributed by atoms with E-state index in [9.17, 15) is 19.5 Å². The number of rotatable bonds is 7. The van der Waals surface area contributed by atoms with Gasteiger partial charge in [0.1, 0.15) is 0 Å². The van der Waals surface area contributed by atoms with E-state index in [0.29, 0.717) is 37.9 Å². The van der Waals surface area contributed by atoms with Gasteiger partial charge in [-0.2, -0.15) is 0 Å². The minimum absolute atomic E-state index is 0.120. The van der Waals surface area contributed by atoms with Gasteiger partial charge in [-0.3, -0.25) is 9.59 Å². The summed E-state index contributed by atoms with van der Waals surface area (Å²) in [6.07, 6.45) is 1.44. The lowest BCUT2D eigenvalue weighted by atomic mass is 9.94. The Morgan fingerprint density at radius 3 is 2.13 bits per heavy atom. The molecule has 1 saturated heterocycles. The predicted molar refractivity (Wildman–Crippen MR) is 112 cm³/mol. The summed E-state index contributed by atoms with van der Waals surface area (Å²) in [5, 5.41) is 12.1. The van der Waals surface area contributed by atoms with Crippen LogP contribution in [0.3, 0.4) is 0 Å². The molecule has 2 amide bonds. The topological polar surface area (TPSA) is 113 Å². The van der Waals surface area contributed by atoms with Gasteiger partial charge in [0.25, 0.3) is 0 Å². The van der Waals surface area contributed by atoms with Crippen LogP contribution in [0.5, 0.6) is 0 Å². The van der Waals surface area contributed by atoms with E-state index in [4.69, 9.17) is 5.73 Å². The van der Waals surface area contributed by atoms with Gasteiger partial charge in [0.15, 0.2) is 6.04 Å². The maximum Gasteiger partial charge on any atom is 0.330 e. The van der Waals surface area contributed by atoms with Crippen LogP contribution in [0.2, 0.25) is 0 Å². The fourth-order valence-electron chi connectivity index (χ4n) is 3.75. The van der Waals surface area contributed by atoms with Crippen molar-refractivity contribution in [1.29, 1.82) is 0 Å². The number of carbonyl (C=O) groups is 3. The number of piperidine rings is 1. The first kappa shape index (κ1) is 21.5. The molecule has 0 aromatic heterocycles. The zero-order chi connectivity index (χ0) is 21.5. The van der Waals surface area contributed by atoms with Crippen LogP contribution in [0.4, 0.5) is 0 Å². The molecule has 0 spiro atoms. The van der Waals surface area contributed by atoms with Crippen LogP contribution in [0.25, 0.3) is 0 Å². The van der Waals surface area contributed by atoms with Crippen molar-refractivity contribution in [3.63, 3.8) is 0 Å². The van der Waals surface area contributed by atoms with Crippen LogP contribution in [-0.2, 0) is 20.8 Å². The zero-order valence-electron chi connectivity index (χ0n) is 16.7. The summed E-state index contributed by atoms with van der Waals surface area (Å²) in [7, 11) is 0. The fourth-order valence-corrected chi connectivity index (χ4v) is 3.75.